The monoisotopic (exact) mass is 509 g/mol. The lowest BCUT2D eigenvalue weighted by Crippen LogP contribution is -2.19. The Morgan fingerprint density at radius 2 is 1.95 bits per heavy atom. The molecule has 0 bridgehead atoms. The Labute approximate surface area is 216 Å². The molecule has 3 N–H and O–H groups in total. The van der Waals surface area contributed by atoms with E-state index < -0.39 is 5.82 Å². The topological polar surface area (TPSA) is 125 Å². The standard InChI is InChI=1S/C28H24FN7O2/c1-28(2,3)10-21(37)32-17-9-16(11-30-12-17)24-23(29)22-20(13-31-24)35-36-26(22)27-33-19-6-4-5-18(25(19)34-27)15-7-8-38-14-15/h4-9,11-14H,10H2,1-3H3,(H,32,37)(H,33,34)(H,35,36). The van der Waals surface area contributed by atoms with Crippen LogP contribution in [-0.2, 0) is 4.79 Å². The molecule has 0 radical (unpaired) electrons. The molecule has 0 aliphatic carbocycles. The van der Waals surface area contributed by atoms with Crippen LogP contribution in [0.5, 0.6) is 0 Å². The van der Waals surface area contributed by atoms with Gasteiger partial charge in [-0.2, -0.15) is 5.10 Å². The van der Waals surface area contributed by atoms with Crippen LogP contribution in [0.4, 0.5) is 10.1 Å². The molecule has 0 fully saturated rings. The number of amides is 1. The van der Waals surface area contributed by atoms with Crippen LogP contribution < -0.4 is 5.32 Å². The van der Waals surface area contributed by atoms with Crippen molar-refractivity contribution in [2.45, 2.75) is 27.2 Å². The molecule has 0 saturated carbocycles. The van der Waals surface area contributed by atoms with Gasteiger partial charge in [0, 0.05) is 29.3 Å². The third-order valence-electron chi connectivity index (χ3n) is 6.10. The second kappa shape index (κ2) is 8.91. The predicted octanol–water partition coefficient (Wildman–Crippen LogP) is 6.34. The van der Waals surface area contributed by atoms with Crippen molar-refractivity contribution in [1.82, 2.24) is 30.1 Å². The van der Waals surface area contributed by atoms with Crippen LogP contribution in [0.3, 0.4) is 0 Å². The Hall–Kier alpha value is -4.86. The fraction of sp³-hybridized carbons (Fsp3) is 0.179. The van der Waals surface area contributed by atoms with Gasteiger partial charge in [-0.05, 0) is 23.6 Å². The fourth-order valence-electron chi connectivity index (χ4n) is 4.47. The number of rotatable bonds is 5. The number of nitrogens with one attached hydrogen (secondary N) is 3. The zero-order valence-corrected chi connectivity index (χ0v) is 21.0. The number of anilines is 1. The number of carbonyl (C=O) groups excluding carboxylic acids is 1. The van der Waals surface area contributed by atoms with Crippen molar-refractivity contribution in [3.63, 3.8) is 0 Å². The number of nitrogens with zero attached hydrogens (tertiary/aromatic N) is 4. The summed E-state index contributed by atoms with van der Waals surface area (Å²) in [5, 5.41) is 10.3. The van der Waals surface area contributed by atoms with Gasteiger partial charge in [-0.3, -0.25) is 19.9 Å². The van der Waals surface area contributed by atoms with Crippen molar-refractivity contribution in [3.8, 4) is 33.9 Å². The zero-order valence-electron chi connectivity index (χ0n) is 21.0. The maximum absolute atomic E-state index is 16.0. The minimum atomic E-state index is -0.568. The molecule has 9 nitrogen and oxygen atoms in total. The van der Waals surface area contributed by atoms with Crippen LogP contribution in [0, 0.1) is 11.2 Å². The van der Waals surface area contributed by atoms with Gasteiger partial charge in [0.2, 0.25) is 5.91 Å². The van der Waals surface area contributed by atoms with E-state index in [1.807, 2.05) is 45.0 Å². The van der Waals surface area contributed by atoms with Crippen LogP contribution in [0.25, 0.3) is 55.8 Å². The molecular weight excluding hydrogens is 485 g/mol. The summed E-state index contributed by atoms with van der Waals surface area (Å²) in [5.74, 6) is -0.293. The molecule has 0 spiro atoms. The van der Waals surface area contributed by atoms with E-state index in [9.17, 15) is 4.79 Å². The Kier molecular flexibility index (Phi) is 5.52. The molecule has 0 unspecified atom stereocenters. The van der Waals surface area contributed by atoms with Crippen molar-refractivity contribution in [2.75, 3.05) is 5.32 Å². The maximum atomic E-state index is 16.0. The van der Waals surface area contributed by atoms with E-state index >= 15 is 4.39 Å². The predicted molar refractivity (Wildman–Crippen MR) is 143 cm³/mol. The number of hydrogen-bond acceptors (Lipinski definition) is 6. The number of aromatic nitrogens is 6. The van der Waals surface area contributed by atoms with Gasteiger partial charge in [0.1, 0.15) is 11.4 Å². The van der Waals surface area contributed by atoms with Gasteiger partial charge in [0.15, 0.2) is 11.6 Å². The number of carbonyl (C=O) groups is 1. The first-order chi connectivity index (χ1) is 18.3. The van der Waals surface area contributed by atoms with E-state index in [2.05, 4.69) is 30.5 Å². The van der Waals surface area contributed by atoms with E-state index in [0.29, 0.717) is 34.7 Å². The number of imidazole rings is 1. The SMILES string of the molecule is CC(C)(C)CC(=O)Nc1cncc(-c2ncc3[nH]nc(-c4nc5c(-c6ccoc6)cccc5[nH]4)c3c2F)c1. The molecule has 5 heterocycles. The van der Waals surface area contributed by atoms with E-state index in [-0.39, 0.29) is 22.4 Å². The highest BCUT2D eigenvalue weighted by Crippen LogP contribution is 2.35. The van der Waals surface area contributed by atoms with Gasteiger partial charge in [0.25, 0.3) is 0 Å². The number of H-pyrrole nitrogens is 2. The first kappa shape index (κ1) is 23.5. The van der Waals surface area contributed by atoms with Crippen molar-refractivity contribution < 1.29 is 13.6 Å². The third kappa shape index (κ3) is 4.30. The van der Waals surface area contributed by atoms with Crippen LogP contribution in [-0.4, -0.2) is 36.0 Å². The highest BCUT2D eigenvalue weighted by atomic mass is 19.1. The van der Waals surface area contributed by atoms with Gasteiger partial charge < -0.3 is 14.7 Å². The molecule has 0 atom stereocenters. The number of halogens is 1. The molecule has 6 aromatic rings. The molecule has 190 valence electrons. The van der Waals surface area contributed by atoms with Crippen LogP contribution in [0.2, 0.25) is 0 Å². The van der Waals surface area contributed by atoms with E-state index in [1.54, 1.807) is 18.6 Å². The first-order valence-corrected chi connectivity index (χ1v) is 12.1. The summed E-state index contributed by atoms with van der Waals surface area (Å²) in [4.78, 5) is 28.9. The number of aromatic amines is 2. The smallest absolute Gasteiger partial charge is 0.224 e. The van der Waals surface area contributed by atoms with Crippen molar-refractivity contribution in [1.29, 1.82) is 0 Å². The quantitative estimate of drug-likeness (QED) is 0.249. The van der Waals surface area contributed by atoms with Gasteiger partial charge in [-0.15, -0.1) is 0 Å². The van der Waals surface area contributed by atoms with Gasteiger partial charge in [-0.25, -0.2) is 9.37 Å². The summed E-state index contributed by atoms with van der Waals surface area (Å²) < 4.78 is 21.3. The molecule has 38 heavy (non-hydrogen) atoms. The molecule has 10 heteroatoms. The second-order valence-electron chi connectivity index (χ2n) is 10.3. The molecule has 6 rings (SSSR count). The Morgan fingerprint density at radius 3 is 2.74 bits per heavy atom. The summed E-state index contributed by atoms with van der Waals surface area (Å²) >= 11 is 0. The molecule has 0 saturated heterocycles. The Bertz CT molecular complexity index is 1800. The second-order valence-corrected chi connectivity index (χ2v) is 10.3. The highest BCUT2D eigenvalue weighted by Gasteiger charge is 2.22. The molecule has 1 aromatic carbocycles. The van der Waals surface area contributed by atoms with Crippen LogP contribution in [0.15, 0.2) is 65.9 Å². The lowest BCUT2D eigenvalue weighted by Gasteiger charge is -2.17. The number of para-hydroxylation sites is 1. The number of furan rings is 1. The van der Waals surface area contributed by atoms with Gasteiger partial charge in [-0.1, -0.05) is 32.9 Å². The number of hydrogen-bond donors (Lipinski definition) is 3. The normalized spacial score (nSPS) is 11.9. The van der Waals surface area contributed by atoms with Gasteiger partial charge >= 0.3 is 0 Å². The summed E-state index contributed by atoms with van der Waals surface area (Å²) in [6.07, 6.45) is 8.15. The average molecular weight is 510 g/mol. The average Bonchev–Trinajstić information content (AvgIpc) is 3.62. The van der Waals surface area contributed by atoms with Crippen molar-refractivity contribution in [2.24, 2.45) is 5.41 Å². The summed E-state index contributed by atoms with van der Waals surface area (Å²) in [6, 6.07) is 9.28. The lowest BCUT2D eigenvalue weighted by atomic mass is 9.92. The molecule has 0 aliphatic heterocycles. The van der Waals surface area contributed by atoms with E-state index in [0.717, 1.165) is 22.2 Å². The van der Waals surface area contributed by atoms with E-state index in [4.69, 9.17) is 9.40 Å². The Morgan fingerprint density at radius 1 is 1.08 bits per heavy atom. The van der Waals surface area contributed by atoms with Gasteiger partial charge in [0.05, 0.1) is 52.5 Å². The summed E-state index contributed by atoms with van der Waals surface area (Å²) in [7, 11) is 0. The number of fused-ring (bicyclic) bond motifs is 2. The third-order valence-corrected chi connectivity index (χ3v) is 6.10. The largest absolute Gasteiger partial charge is 0.472 e. The molecule has 1 amide bonds. The van der Waals surface area contributed by atoms with Crippen molar-refractivity contribution in [3.05, 3.63) is 67.3 Å². The molecular formula is C28H24FN7O2. The number of benzene rings is 1. The first-order valence-electron chi connectivity index (χ1n) is 12.1. The number of pyridine rings is 2. The fourth-order valence-corrected chi connectivity index (χ4v) is 4.47. The molecule has 5 aromatic heterocycles. The van der Waals surface area contributed by atoms with Crippen LogP contribution in [0.1, 0.15) is 27.2 Å². The summed E-state index contributed by atoms with van der Waals surface area (Å²) in [6.45, 7) is 5.95. The highest BCUT2D eigenvalue weighted by molar-refractivity contribution is 5.98. The summed E-state index contributed by atoms with van der Waals surface area (Å²) in [5.41, 5.74) is 4.86. The van der Waals surface area contributed by atoms with E-state index in [1.165, 1.54) is 18.6 Å². The zero-order chi connectivity index (χ0) is 26.4. The minimum absolute atomic E-state index is 0.0924. The maximum Gasteiger partial charge on any atom is 0.224 e. The lowest BCUT2D eigenvalue weighted by molar-refractivity contribution is -0.117. The van der Waals surface area contributed by atoms with Crippen molar-refractivity contribution >= 4 is 33.5 Å². The minimum Gasteiger partial charge on any atom is -0.472 e. The molecule has 0 aliphatic rings. The Balaban J connectivity index is 1.40. The van der Waals surface area contributed by atoms with Crippen LogP contribution >= 0.6 is 0 Å².